The molecule has 1 unspecified atom stereocenters. The van der Waals surface area contributed by atoms with Crippen molar-refractivity contribution in [1.82, 2.24) is 10.2 Å². The van der Waals surface area contributed by atoms with Gasteiger partial charge in [0.05, 0.1) is 16.7 Å². The van der Waals surface area contributed by atoms with Gasteiger partial charge in [0.15, 0.2) is 0 Å². The molecule has 184 valence electrons. The average molecular weight is 497 g/mol. The van der Waals surface area contributed by atoms with Crippen molar-refractivity contribution in [3.8, 4) is 0 Å². The molecule has 0 saturated carbocycles. The van der Waals surface area contributed by atoms with E-state index in [4.69, 9.17) is 4.74 Å². The van der Waals surface area contributed by atoms with Crippen LogP contribution in [0, 0.1) is 0 Å². The Bertz CT molecular complexity index is 786. The van der Waals surface area contributed by atoms with Gasteiger partial charge in [-0.3, -0.25) is 14.9 Å². The van der Waals surface area contributed by atoms with Gasteiger partial charge in [-0.2, -0.15) is 0 Å². The third kappa shape index (κ3) is 7.65. The maximum absolute atomic E-state index is 13.4. The number of carboxylic acid groups (broad SMARTS) is 1. The van der Waals surface area contributed by atoms with E-state index in [9.17, 15) is 19.5 Å². The molecule has 0 radical (unpaired) electrons. The van der Waals surface area contributed by atoms with Gasteiger partial charge in [-0.05, 0) is 43.8 Å². The van der Waals surface area contributed by atoms with E-state index in [0.29, 0.717) is 25.8 Å². The van der Waals surface area contributed by atoms with Gasteiger partial charge >= 0.3 is 11.9 Å². The molecular weight excluding hydrogens is 460 g/mol. The molecule has 9 heteroatoms. The monoisotopic (exact) mass is 496 g/mol. The van der Waals surface area contributed by atoms with Crippen LogP contribution in [-0.4, -0.2) is 74.7 Å². The highest BCUT2D eigenvalue weighted by Gasteiger charge is 2.50. The lowest BCUT2D eigenvalue weighted by molar-refractivity contribution is -0.150. The summed E-state index contributed by atoms with van der Waals surface area (Å²) in [6, 6.07) is 7.58. The van der Waals surface area contributed by atoms with Crippen molar-refractivity contribution in [2.45, 2.75) is 69.2 Å². The second kappa shape index (κ2) is 13.2. The number of nitrogens with one attached hydrogen (secondary N) is 1. The SMILES string of the molecule is CCOC(=O)[C@H](CCc1ccccc1)NC(C)C(=O)N1CC(SCC)(SCC)C[C@H]1C(=O)O. The van der Waals surface area contributed by atoms with E-state index < -0.39 is 30.1 Å². The zero-order valence-corrected chi connectivity index (χ0v) is 21.5. The second-order valence-corrected chi connectivity index (χ2v) is 11.6. The minimum Gasteiger partial charge on any atom is -0.480 e. The molecule has 3 atom stereocenters. The number of rotatable bonds is 13. The quantitative estimate of drug-likeness (QED) is 0.317. The molecule has 0 spiro atoms. The predicted molar refractivity (Wildman–Crippen MR) is 135 cm³/mol. The minimum atomic E-state index is -0.989. The Morgan fingerprint density at radius 2 is 1.82 bits per heavy atom. The summed E-state index contributed by atoms with van der Waals surface area (Å²) >= 11 is 3.41. The van der Waals surface area contributed by atoms with Gasteiger partial charge in [0.2, 0.25) is 5.91 Å². The summed E-state index contributed by atoms with van der Waals surface area (Å²) in [6.07, 6.45) is 1.54. The fourth-order valence-corrected chi connectivity index (χ4v) is 7.26. The van der Waals surface area contributed by atoms with Crippen LogP contribution in [0.15, 0.2) is 30.3 Å². The van der Waals surface area contributed by atoms with Crippen LogP contribution in [0.3, 0.4) is 0 Å². The van der Waals surface area contributed by atoms with Gasteiger partial charge in [0.1, 0.15) is 12.1 Å². The van der Waals surface area contributed by atoms with Gasteiger partial charge in [-0.1, -0.05) is 44.2 Å². The molecule has 0 bridgehead atoms. The highest BCUT2D eigenvalue weighted by atomic mass is 32.2. The zero-order chi connectivity index (χ0) is 24.4. The number of likely N-dealkylation sites (tertiary alicyclic amines) is 1. The van der Waals surface area contributed by atoms with Crippen LogP contribution in [-0.2, 0) is 25.5 Å². The number of aliphatic carboxylic acids is 1. The van der Waals surface area contributed by atoms with E-state index in [2.05, 4.69) is 5.32 Å². The van der Waals surface area contributed by atoms with Crippen molar-refractivity contribution in [2.75, 3.05) is 24.7 Å². The molecule has 0 aromatic heterocycles. The molecule has 1 fully saturated rings. The summed E-state index contributed by atoms with van der Waals surface area (Å²) < 4.78 is 4.90. The molecule has 1 saturated heterocycles. The number of hydrogen-bond acceptors (Lipinski definition) is 7. The number of thioether (sulfide) groups is 2. The van der Waals surface area contributed by atoms with Crippen molar-refractivity contribution in [3.05, 3.63) is 35.9 Å². The summed E-state index contributed by atoms with van der Waals surface area (Å²) in [6.45, 7) is 8.16. The van der Waals surface area contributed by atoms with Crippen LogP contribution >= 0.6 is 23.5 Å². The van der Waals surface area contributed by atoms with Crippen LogP contribution in [0.25, 0.3) is 0 Å². The first-order valence-corrected chi connectivity index (χ1v) is 13.5. The van der Waals surface area contributed by atoms with Gasteiger partial charge in [-0.25, -0.2) is 4.79 Å². The molecule has 0 aliphatic carbocycles. The van der Waals surface area contributed by atoms with Gasteiger partial charge in [-0.15, -0.1) is 23.5 Å². The number of carbonyl (C=O) groups excluding carboxylic acids is 2. The highest BCUT2D eigenvalue weighted by molar-refractivity contribution is 8.18. The van der Waals surface area contributed by atoms with Crippen LogP contribution in [0.4, 0.5) is 0 Å². The molecule has 1 aromatic rings. The fourth-order valence-electron chi connectivity index (χ4n) is 4.16. The summed E-state index contributed by atoms with van der Waals surface area (Å²) in [5.41, 5.74) is 1.09. The standard InChI is InChI=1S/C24H36N2O5S2/c1-5-31-23(30)19(14-13-18-11-9-8-10-12-18)25-17(4)21(27)26-16-24(32-6-2,33-7-3)15-20(26)22(28)29/h8-12,17,19-20,25H,5-7,13-16H2,1-4H3,(H,28,29)/t17?,19-,20-/m0/s1. The number of carboxylic acids is 1. The normalized spacial score (nSPS) is 19.2. The van der Waals surface area contributed by atoms with E-state index in [0.717, 1.165) is 17.1 Å². The van der Waals surface area contributed by atoms with Crippen molar-refractivity contribution < 1.29 is 24.2 Å². The molecule has 2 N–H and O–H groups in total. The Morgan fingerprint density at radius 1 is 1.18 bits per heavy atom. The molecule has 1 heterocycles. The maximum atomic E-state index is 13.4. The number of amides is 1. The number of esters is 1. The molecule has 1 aliphatic heterocycles. The third-order valence-electron chi connectivity index (χ3n) is 5.63. The lowest BCUT2D eigenvalue weighted by atomic mass is 10.0. The molecule has 1 aliphatic rings. The smallest absolute Gasteiger partial charge is 0.326 e. The Kier molecular flexibility index (Phi) is 11.1. The van der Waals surface area contributed by atoms with E-state index in [1.54, 1.807) is 37.4 Å². The van der Waals surface area contributed by atoms with Crippen LogP contribution < -0.4 is 5.32 Å². The van der Waals surface area contributed by atoms with Crippen LogP contribution in [0.1, 0.15) is 46.1 Å². The van der Waals surface area contributed by atoms with E-state index in [1.807, 2.05) is 44.2 Å². The Hall–Kier alpha value is -1.71. The highest BCUT2D eigenvalue weighted by Crippen LogP contribution is 2.47. The molecule has 7 nitrogen and oxygen atoms in total. The number of aryl methyl sites for hydroxylation is 1. The van der Waals surface area contributed by atoms with Gasteiger partial charge in [0.25, 0.3) is 0 Å². The molecule has 2 rings (SSSR count). The first kappa shape index (κ1) is 27.5. The Labute approximate surface area is 205 Å². The third-order valence-corrected chi connectivity index (χ3v) is 8.56. The van der Waals surface area contributed by atoms with Crippen molar-refractivity contribution in [2.24, 2.45) is 0 Å². The summed E-state index contributed by atoms with van der Waals surface area (Å²) in [5.74, 6) is 0.00405. The van der Waals surface area contributed by atoms with E-state index in [-0.39, 0.29) is 16.6 Å². The first-order valence-electron chi connectivity index (χ1n) is 11.5. The number of hydrogen-bond donors (Lipinski definition) is 2. The number of ether oxygens (including phenoxy) is 1. The second-order valence-electron chi connectivity index (χ2n) is 8.02. The summed E-state index contributed by atoms with van der Waals surface area (Å²) in [5, 5.41) is 13.0. The van der Waals surface area contributed by atoms with Crippen molar-refractivity contribution in [3.63, 3.8) is 0 Å². The molecular formula is C24H36N2O5S2. The maximum Gasteiger partial charge on any atom is 0.326 e. The Morgan fingerprint density at radius 3 is 2.36 bits per heavy atom. The minimum absolute atomic E-state index is 0.253. The Balaban J connectivity index is 2.14. The van der Waals surface area contributed by atoms with Crippen LogP contribution in [0.5, 0.6) is 0 Å². The molecule has 1 amide bonds. The van der Waals surface area contributed by atoms with Gasteiger partial charge < -0.3 is 14.7 Å². The zero-order valence-electron chi connectivity index (χ0n) is 19.9. The molecule has 33 heavy (non-hydrogen) atoms. The van der Waals surface area contributed by atoms with Gasteiger partial charge in [0, 0.05) is 13.0 Å². The number of carbonyl (C=O) groups is 3. The molecule has 1 aromatic carbocycles. The topological polar surface area (TPSA) is 95.9 Å². The van der Waals surface area contributed by atoms with E-state index >= 15 is 0 Å². The van der Waals surface area contributed by atoms with Crippen LogP contribution in [0.2, 0.25) is 0 Å². The van der Waals surface area contributed by atoms with Crippen molar-refractivity contribution >= 4 is 41.4 Å². The lowest BCUT2D eigenvalue weighted by Gasteiger charge is -2.29. The number of benzene rings is 1. The summed E-state index contributed by atoms with van der Waals surface area (Å²) in [7, 11) is 0. The largest absolute Gasteiger partial charge is 0.480 e. The summed E-state index contributed by atoms with van der Waals surface area (Å²) in [4.78, 5) is 39.4. The van der Waals surface area contributed by atoms with E-state index in [1.165, 1.54) is 4.90 Å². The fraction of sp³-hybridized carbons (Fsp3) is 0.625. The number of nitrogens with zero attached hydrogens (tertiary/aromatic N) is 1. The predicted octanol–water partition coefficient (Wildman–Crippen LogP) is 3.42. The first-order chi connectivity index (χ1) is 15.8. The average Bonchev–Trinajstić information content (AvgIpc) is 3.17. The lowest BCUT2D eigenvalue weighted by Crippen LogP contribution is -2.53. The van der Waals surface area contributed by atoms with Crippen molar-refractivity contribution in [1.29, 1.82) is 0 Å².